The van der Waals surface area contributed by atoms with Gasteiger partial charge in [-0.3, -0.25) is 0 Å². The van der Waals surface area contributed by atoms with E-state index in [2.05, 4.69) is 0 Å². The molecule has 3 aromatic heterocycles. The molecule has 0 aromatic carbocycles. The molecule has 0 bridgehead atoms. The standard InChI is InChI=1S/3C7H9NO2.In/c3*1-2-8-5-3-4-6(9)7(8)10;/h3*3-5,9H,2H2,1H3;/q;;;+3/p-3. The third kappa shape index (κ3) is 5.25. The maximum atomic E-state index is 12.6. The zero-order chi connectivity index (χ0) is 22.4. The molecule has 0 saturated heterocycles. The predicted molar refractivity (Wildman–Crippen MR) is 117 cm³/mol. The van der Waals surface area contributed by atoms with Crippen molar-refractivity contribution in [1.82, 2.24) is 13.7 Å². The summed E-state index contributed by atoms with van der Waals surface area (Å²) < 4.78 is 22.1. The van der Waals surface area contributed by atoms with E-state index < -0.39 is 22.7 Å². The van der Waals surface area contributed by atoms with Gasteiger partial charge in [0, 0.05) is 0 Å². The number of nitrogens with zero attached hydrogens (tertiary/aromatic N) is 3. The van der Waals surface area contributed by atoms with E-state index in [-0.39, 0.29) is 33.9 Å². The van der Waals surface area contributed by atoms with Crippen LogP contribution in [0.4, 0.5) is 0 Å². The van der Waals surface area contributed by atoms with Gasteiger partial charge in [0.05, 0.1) is 0 Å². The molecule has 9 nitrogen and oxygen atoms in total. The molecule has 0 spiro atoms. The zero-order valence-corrected chi connectivity index (χ0v) is 21.0. The Kier molecular flexibility index (Phi) is 7.67. The Hall–Kier alpha value is -2.88. The molecule has 31 heavy (non-hydrogen) atoms. The summed E-state index contributed by atoms with van der Waals surface area (Å²) in [6.07, 6.45) is 4.95. The number of pyridine rings is 3. The molecule has 3 heterocycles. The number of hydrogen-bond acceptors (Lipinski definition) is 6. The van der Waals surface area contributed by atoms with Crippen molar-refractivity contribution in [2.24, 2.45) is 0 Å². The molecule has 3 rings (SSSR count). The van der Waals surface area contributed by atoms with E-state index in [1.807, 2.05) is 20.8 Å². The van der Waals surface area contributed by atoms with Crippen LogP contribution in [0.1, 0.15) is 20.8 Å². The zero-order valence-electron chi connectivity index (χ0n) is 17.7. The summed E-state index contributed by atoms with van der Waals surface area (Å²) in [4.78, 5) is 37.8. The molecule has 0 amide bonds. The number of aromatic nitrogens is 3. The molecule has 0 saturated carbocycles. The van der Waals surface area contributed by atoms with Gasteiger partial charge in [-0.25, -0.2) is 0 Å². The first kappa shape index (κ1) is 22.8. The van der Waals surface area contributed by atoms with Crippen molar-refractivity contribution in [1.29, 1.82) is 0 Å². The van der Waals surface area contributed by atoms with Crippen molar-refractivity contribution in [3.05, 3.63) is 86.1 Å². The van der Waals surface area contributed by atoms with Gasteiger partial charge in [-0.2, -0.15) is 0 Å². The average Bonchev–Trinajstić information content (AvgIpc) is 2.78. The first-order valence-electron chi connectivity index (χ1n) is 10.1. The summed E-state index contributed by atoms with van der Waals surface area (Å²) in [6, 6.07) is 9.62. The van der Waals surface area contributed by atoms with Gasteiger partial charge in [0.1, 0.15) is 0 Å². The second-order valence-electron chi connectivity index (χ2n) is 6.53. The first-order valence-corrected chi connectivity index (χ1v) is 14.1. The van der Waals surface area contributed by atoms with Crippen LogP contribution >= 0.6 is 0 Å². The van der Waals surface area contributed by atoms with Crippen molar-refractivity contribution < 1.29 is 8.56 Å². The van der Waals surface area contributed by atoms with Gasteiger partial charge in [0.15, 0.2) is 0 Å². The maximum absolute atomic E-state index is 12.6. The SMILES string of the molecule is CCn1cccc([O][In]([O]c2cccn(CC)c2=O)[O]c2cccn(CC)c2=O)c1=O. The summed E-state index contributed by atoms with van der Waals surface area (Å²) in [6.45, 7) is 6.93. The van der Waals surface area contributed by atoms with Gasteiger partial charge in [-0.1, -0.05) is 0 Å². The van der Waals surface area contributed by atoms with Crippen LogP contribution in [0.15, 0.2) is 69.4 Å². The second-order valence-corrected chi connectivity index (χ2v) is 10.2. The summed E-state index contributed by atoms with van der Waals surface area (Å²) in [5, 5.41) is 0. The van der Waals surface area contributed by atoms with E-state index in [0.717, 1.165) is 0 Å². The minimum absolute atomic E-state index is 0.0589. The van der Waals surface area contributed by atoms with Crippen LogP contribution in [0.25, 0.3) is 0 Å². The third-order valence-corrected chi connectivity index (χ3v) is 8.47. The molecule has 0 fully saturated rings. The van der Waals surface area contributed by atoms with Crippen LogP contribution in [-0.4, -0.2) is 36.4 Å². The predicted octanol–water partition coefficient (Wildman–Crippen LogP) is 1.75. The number of aryl methyl sites for hydroxylation is 3. The molecular weight excluding hydrogens is 505 g/mol. The normalized spacial score (nSPS) is 10.5. The van der Waals surface area contributed by atoms with Crippen LogP contribution in [0.5, 0.6) is 17.2 Å². The second kappa shape index (κ2) is 10.4. The number of hydrogen-bond donors (Lipinski definition) is 0. The van der Waals surface area contributed by atoms with Gasteiger partial charge >= 0.3 is 189 Å². The van der Waals surface area contributed by atoms with E-state index in [4.69, 9.17) is 8.56 Å². The summed E-state index contributed by atoms with van der Waals surface area (Å²) in [5.41, 5.74) is -1.01. The van der Waals surface area contributed by atoms with Crippen molar-refractivity contribution in [3.63, 3.8) is 0 Å². The van der Waals surface area contributed by atoms with Crippen LogP contribution in [0.2, 0.25) is 0 Å². The van der Waals surface area contributed by atoms with E-state index in [1.165, 1.54) is 31.9 Å². The molecule has 0 N–H and O–H groups in total. The first-order chi connectivity index (χ1) is 15.0. The van der Waals surface area contributed by atoms with Crippen molar-refractivity contribution in [3.8, 4) is 17.2 Å². The van der Waals surface area contributed by atoms with Crippen LogP contribution < -0.4 is 25.2 Å². The average molecular weight is 529 g/mol. The quantitative estimate of drug-likeness (QED) is 0.420. The monoisotopic (exact) mass is 529 g/mol. The fourth-order valence-corrected chi connectivity index (χ4v) is 6.67. The van der Waals surface area contributed by atoms with Crippen LogP contribution in [0.3, 0.4) is 0 Å². The molecule has 10 heteroatoms. The van der Waals surface area contributed by atoms with Gasteiger partial charge in [-0.05, 0) is 0 Å². The molecule has 0 unspecified atom stereocenters. The Morgan fingerprint density at radius 1 is 0.613 bits per heavy atom. The Morgan fingerprint density at radius 3 is 1.16 bits per heavy atom. The topological polar surface area (TPSA) is 93.7 Å². The third-order valence-electron chi connectivity index (χ3n) is 4.65. The van der Waals surface area contributed by atoms with Gasteiger partial charge in [-0.15, -0.1) is 0 Å². The van der Waals surface area contributed by atoms with Crippen molar-refractivity contribution >= 4 is 22.7 Å². The molecule has 162 valence electrons. The Labute approximate surface area is 188 Å². The Morgan fingerprint density at radius 2 is 0.903 bits per heavy atom. The van der Waals surface area contributed by atoms with Gasteiger partial charge in [0.25, 0.3) is 0 Å². The van der Waals surface area contributed by atoms with Crippen LogP contribution in [0, 0.1) is 0 Å². The molecule has 0 aliphatic heterocycles. The van der Waals surface area contributed by atoms with Crippen LogP contribution in [-0.2, 0) is 19.6 Å². The fourth-order valence-electron chi connectivity index (χ4n) is 2.94. The van der Waals surface area contributed by atoms with Crippen molar-refractivity contribution in [2.45, 2.75) is 40.4 Å². The number of rotatable bonds is 9. The molecule has 3 aromatic rings. The minimum atomic E-state index is -4.10. The molecule has 0 aliphatic carbocycles. The summed E-state index contributed by atoms with van der Waals surface area (Å²) in [7, 11) is 0. The Balaban J connectivity index is 1.99. The molecular formula is C21H24InN3O6. The molecule has 0 aliphatic rings. The van der Waals surface area contributed by atoms with Gasteiger partial charge < -0.3 is 0 Å². The fraction of sp³-hybridized carbons (Fsp3) is 0.286. The van der Waals surface area contributed by atoms with E-state index in [9.17, 15) is 14.4 Å². The van der Waals surface area contributed by atoms with E-state index >= 15 is 0 Å². The van der Waals surface area contributed by atoms with E-state index in [0.29, 0.717) is 19.6 Å². The molecule has 0 atom stereocenters. The molecule has 0 radical (unpaired) electrons. The summed E-state index contributed by atoms with van der Waals surface area (Å²) >= 11 is -4.10. The Bertz CT molecular complexity index is 1070. The van der Waals surface area contributed by atoms with Gasteiger partial charge in [0.2, 0.25) is 0 Å². The van der Waals surface area contributed by atoms with E-state index in [1.54, 1.807) is 36.8 Å². The van der Waals surface area contributed by atoms with Crippen molar-refractivity contribution in [2.75, 3.05) is 0 Å². The summed E-state index contributed by atoms with van der Waals surface area (Å²) in [5.74, 6) is 0.177.